The molecule has 1 amide bonds. The monoisotopic (exact) mass is 339 g/mol. The van der Waals surface area contributed by atoms with E-state index in [1.54, 1.807) is 11.3 Å². The third kappa shape index (κ3) is 3.74. The predicted octanol–water partition coefficient (Wildman–Crippen LogP) is 3.59. The van der Waals surface area contributed by atoms with E-state index in [-0.39, 0.29) is 5.91 Å². The average Bonchev–Trinajstić information content (AvgIpc) is 3.17. The second kappa shape index (κ2) is 7.45. The zero-order valence-electron chi connectivity index (χ0n) is 14.0. The SMILES string of the molecule is Cc1nn(CCNC(=O)Cc2cccs2)c(C)c1-c1ccccc1. The van der Waals surface area contributed by atoms with Crippen molar-refractivity contribution in [3.63, 3.8) is 0 Å². The molecule has 3 aromatic rings. The molecule has 5 heteroatoms. The van der Waals surface area contributed by atoms with Crippen LogP contribution in [0.25, 0.3) is 11.1 Å². The van der Waals surface area contributed by atoms with Gasteiger partial charge in [0, 0.05) is 22.7 Å². The van der Waals surface area contributed by atoms with E-state index in [2.05, 4.69) is 29.5 Å². The minimum atomic E-state index is 0.0577. The molecule has 0 spiro atoms. The standard InChI is InChI=1S/C19H21N3OS/c1-14-19(16-7-4-3-5-8-16)15(2)22(21-14)11-10-20-18(23)13-17-9-6-12-24-17/h3-9,12H,10-11,13H2,1-2H3,(H,20,23). The summed E-state index contributed by atoms with van der Waals surface area (Å²) in [7, 11) is 0. The molecule has 3 rings (SSSR count). The van der Waals surface area contributed by atoms with E-state index < -0.39 is 0 Å². The molecule has 4 nitrogen and oxygen atoms in total. The lowest BCUT2D eigenvalue weighted by molar-refractivity contribution is -0.120. The maximum atomic E-state index is 11.9. The molecule has 0 bridgehead atoms. The van der Waals surface area contributed by atoms with Crippen LogP contribution in [0.2, 0.25) is 0 Å². The molecule has 0 fully saturated rings. The van der Waals surface area contributed by atoms with Crippen LogP contribution >= 0.6 is 11.3 Å². The van der Waals surface area contributed by atoms with Gasteiger partial charge in [0.1, 0.15) is 0 Å². The Balaban J connectivity index is 1.61. The largest absolute Gasteiger partial charge is 0.354 e. The van der Waals surface area contributed by atoms with Gasteiger partial charge in [0.05, 0.1) is 18.7 Å². The van der Waals surface area contributed by atoms with Crippen molar-refractivity contribution < 1.29 is 4.79 Å². The first-order chi connectivity index (χ1) is 11.6. The summed E-state index contributed by atoms with van der Waals surface area (Å²) < 4.78 is 1.98. The molecule has 2 aromatic heterocycles. The van der Waals surface area contributed by atoms with Gasteiger partial charge in [-0.1, -0.05) is 36.4 Å². The number of nitrogens with one attached hydrogen (secondary N) is 1. The van der Waals surface area contributed by atoms with Crippen molar-refractivity contribution in [3.05, 3.63) is 64.1 Å². The van der Waals surface area contributed by atoms with Crippen molar-refractivity contribution in [1.29, 1.82) is 0 Å². The summed E-state index contributed by atoms with van der Waals surface area (Å²) in [6.45, 7) is 5.37. The van der Waals surface area contributed by atoms with Crippen molar-refractivity contribution in [2.75, 3.05) is 6.54 Å². The lowest BCUT2D eigenvalue weighted by Gasteiger charge is -2.07. The first-order valence-corrected chi connectivity index (χ1v) is 8.91. The number of nitrogens with zero attached hydrogens (tertiary/aromatic N) is 2. The molecule has 0 atom stereocenters. The molecule has 0 unspecified atom stereocenters. The second-order valence-corrected chi connectivity index (χ2v) is 6.77. The molecule has 0 radical (unpaired) electrons. The highest BCUT2D eigenvalue weighted by molar-refractivity contribution is 7.10. The fourth-order valence-electron chi connectivity index (χ4n) is 2.87. The van der Waals surface area contributed by atoms with Crippen LogP contribution in [0, 0.1) is 13.8 Å². The van der Waals surface area contributed by atoms with Crippen molar-refractivity contribution >= 4 is 17.2 Å². The summed E-state index contributed by atoms with van der Waals surface area (Å²) in [6, 6.07) is 14.2. The molecule has 0 aliphatic carbocycles. The number of benzene rings is 1. The van der Waals surface area contributed by atoms with E-state index in [1.807, 2.05) is 47.3 Å². The van der Waals surface area contributed by atoms with Crippen LogP contribution in [0.15, 0.2) is 47.8 Å². The number of carbonyl (C=O) groups excluding carboxylic acids is 1. The quantitative estimate of drug-likeness (QED) is 0.746. The van der Waals surface area contributed by atoms with Crippen molar-refractivity contribution in [1.82, 2.24) is 15.1 Å². The predicted molar refractivity (Wildman–Crippen MR) is 98.2 cm³/mol. The van der Waals surface area contributed by atoms with Crippen LogP contribution in [0.1, 0.15) is 16.3 Å². The smallest absolute Gasteiger partial charge is 0.225 e. The highest BCUT2D eigenvalue weighted by Gasteiger charge is 2.13. The normalized spacial score (nSPS) is 10.8. The van der Waals surface area contributed by atoms with Crippen LogP contribution in [0.3, 0.4) is 0 Å². The van der Waals surface area contributed by atoms with Crippen LogP contribution in [0.4, 0.5) is 0 Å². The summed E-state index contributed by atoms with van der Waals surface area (Å²) in [5.74, 6) is 0.0577. The highest BCUT2D eigenvalue weighted by Crippen LogP contribution is 2.26. The van der Waals surface area contributed by atoms with Crippen LogP contribution in [-0.4, -0.2) is 22.2 Å². The van der Waals surface area contributed by atoms with E-state index in [9.17, 15) is 4.79 Å². The Morgan fingerprint density at radius 2 is 1.96 bits per heavy atom. The first kappa shape index (κ1) is 16.5. The Morgan fingerprint density at radius 1 is 1.17 bits per heavy atom. The maximum Gasteiger partial charge on any atom is 0.225 e. The van der Waals surface area contributed by atoms with Gasteiger partial charge in [-0.15, -0.1) is 11.3 Å². The van der Waals surface area contributed by atoms with Crippen LogP contribution in [0.5, 0.6) is 0 Å². The summed E-state index contributed by atoms with van der Waals surface area (Å²) in [5.41, 5.74) is 4.51. The van der Waals surface area contributed by atoms with Gasteiger partial charge < -0.3 is 5.32 Å². The molecule has 0 aliphatic rings. The minimum absolute atomic E-state index is 0.0577. The van der Waals surface area contributed by atoms with Gasteiger partial charge in [-0.3, -0.25) is 9.48 Å². The van der Waals surface area contributed by atoms with Gasteiger partial charge in [0.15, 0.2) is 0 Å². The maximum absolute atomic E-state index is 11.9. The molecule has 1 N–H and O–H groups in total. The fraction of sp³-hybridized carbons (Fsp3) is 0.263. The lowest BCUT2D eigenvalue weighted by Crippen LogP contribution is -2.28. The van der Waals surface area contributed by atoms with Gasteiger partial charge in [-0.25, -0.2) is 0 Å². The van der Waals surface area contributed by atoms with E-state index in [0.29, 0.717) is 19.5 Å². The van der Waals surface area contributed by atoms with Gasteiger partial charge in [-0.05, 0) is 30.9 Å². The number of rotatable bonds is 6. The number of aryl methyl sites for hydroxylation is 1. The molecular weight excluding hydrogens is 318 g/mol. The van der Waals surface area contributed by atoms with Crippen molar-refractivity contribution in [3.8, 4) is 11.1 Å². The van der Waals surface area contributed by atoms with Gasteiger partial charge in [0.25, 0.3) is 0 Å². The molecule has 24 heavy (non-hydrogen) atoms. The number of amides is 1. The van der Waals surface area contributed by atoms with Crippen LogP contribution < -0.4 is 5.32 Å². The number of hydrogen-bond donors (Lipinski definition) is 1. The third-order valence-electron chi connectivity index (χ3n) is 4.00. The zero-order valence-corrected chi connectivity index (χ0v) is 14.8. The molecule has 0 aliphatic heterocycles. The summed E-state index contributed by atoms with van der Waals surface area (Å²) in [4.78, 5) is 13.0. The van der Waals surface area contributed by atoms with E-state index in [4.69, 9.17) is 0 Å². The molecule has 1 aromatic carbocycles. The van der Waals surface area contributed by atoms with Gasteiger partial charge >= 0.3 is 0 Å². The third-order valence-corrected chi connectivity index (χ3v) is 4.88. The summed E-state index contributed by atoms with van der Waals surface area (Å²) in [5, 5.41) is 9.59. The molecule has 0 saturated heterocycles. The van der Waals surface area contributed by atoms with Crippen molar-refractivity contribution in [2.24, 2.45) is 0 Å². The van der Waals surface area contributed by atoms with Crippen LogP contribution in [-0.2, 0) is 17.8 Å². The highest BCUT2D eigenvalue weighted by atomic mass is 32.1. The summed E-state index contributed by atoms with van der Waals surface area (Å²) in [6.07, 6.45) is 0.448. The fourth-order valence-corrected chi connectivity index (χ4v) is 3.58. The van der Waals surface area contributed by atoms with Crippen molar-refractivity contribution in [2.45, 2.75) is 26.8 Å². The molecule has 0 saturated carbocycles. The number of hydrogen-bond acceptors (Lipinski definition) is 3. The lowest BCUT2D eigenvalue weighted by atomic mass is 10.0. The van der Waals surface area contributed by atoms with E-state index >= 15 is 0 Å². The molecular formula is C19H21N3OS. The Morgan fingerprint density at radius 3 is 2.67 bits per heavy atom. The Labute approximate surface area is 146 Å². The zero-order chi connectivity index (χ0) is 16.9. The number of thiophene rings is 1. The number of aromatic nitrogens is 2. The average molecular weight is 339 g/mol. The summed E-state index contributed by atoms with van der Waals surface area (Å²) >= 11 is 1.61. The van der Waals surface area contributed by atoms with E-state index in [0.717, 1.165) is 16.3 Å². The Bertz CT molecular complexity index is 807. The molecule has 124 valence electrons. The minimum Gasteiger partial charge on any atom is -0.354 e. The number of carbonyl (C=O) groups is 1. The topological polar surface area (TPSA) is 46.9 Å². The first-order valence-electron chi connectivity index (χ1n) is 8.03. The second-order valence-electron chi connectivity index (χ2n) is 5.74. The molecule has 2 heterocycles. The van der Waals surface area contributed by atoms with Gasteiger partial charge in [-0.2, -0.15) is 5.10 Å². The Hall–Kier alpha value is -2.40. The van der Waals surface area contributed by atoms with E-state index in [1.165, 1.54) is 11.1 Å². The van der Waals surface area contributed by atoms with Gasteiger partial charge in [0.2, 0.25) is 5.91 Å². The Kier molecular flexibility index (Phi) is 5.11.